The van der Waals surface area contributed by atoms with Crippen LogP contribution in [0.2, 0.25) is 0 Å². The van der Waals surface area contributed by atoms with Crippen LogP contribution in [-0.2, 0) is 21.7 Å². The lowest BCUT2D eigenvalue weighted by molar-refractivity contribution is 0.180. The Kier molecular flexibility index (Phi) is 4.50. The van der Waals surface area contributed by atoms with Crippen LogP contribution in [0.4, 0.5) is 4.39 Å². The van der Waals surface area contributed by atoms with Gasteiger partial charge in [-0.25, -0.2) is 9.18 Å². The highest BCUT2D eigenvalue weighted by Gasteiger charge is 2.36. The number of ether oxygens (including phenoxy) is 1. The quantitative estimate of drug-likeness (QED) is 0.622. The zero-order valence-electron chi connectivity index (χ0n) is 10.7. The molecule has 3 nitrogen and oxygen atoms in total. The largest absolute Gasteiger partial charge is 0.380 e. The maximum absolute atomic E-state index is 14.1. The number of aliphatic imine (C=N–C) groups is 1. The standard InChI is InChI=1S/C14H15BrFNO2/c1-19-8-11-12(15)6-10(7-13(11)16)14(17-9-18)4-2-3-5-14/h6-7H,2-5,8H2,1H3. The lowest BCUT2D eigenvalue weighted by atomic mass is 9.88. The molecule has 0 spiro atoms. The van der Waals surface area contributed by atoms with Crippen molar-refractivity contribution in [2.24, 2.45) is 4.99 Å². The fourth-order valence-corrected chi connectivity index (χ4v) is 3.22. The monoisotopic (exact) mass is 327 g/mol. The zero-order valence-corrected chi connectivity index (χ0v) is 12.3. The van der Waals surface area contributed by atoms with Gasteiger partial charge in [-0.2, -0.15) is 4.99 Å². The molecule has 0 radical (unpaired) electrons. The van der Waals surface area contributed by atoms with E-state index in [9.17, 15) is 9.18 Å². The van der Waals surface area contributed by atoms with E-state index in [0.717, 1.165) is 31.2 Å². The molecule has 19 heavy (non-hydrogen) atoms. The molecule has 0 amide bonds. The number of nitrogens with zero attached hydrogens (tertiary/aromatic N) is 1. The highest BCUT2D eigenvalue weighted by molar-refractivity contribution is 9.10. The van der Waals surface area contributed by atoms with Gasteiger partial charge < -0.3 is 4.74 Å². The molecule has 5 heteroatoms. The minimum absolute atomic E-state index is 0.205. The first-order valence-electron chi connectivity index (χ1n) is 6.19. The number of isocyanates is 1. The Morgan fingerprint density at radius 2 is 2.16 bits per heavy atom. The number of benzene rings is 1. The van der Waals surface area contributed by atoms with E-state index in [1.54, 1.807) is 6.08 Å². The van der Waals surface area contributed by atoms with Gasteiger partial charge in [0.15, 0.2) is 0 Å². The minimum atomic E-state index is -0.600. The second kappa shape index (κ2) is 5.95. The average Bonchev–Trinajstić information content (AvgIpc) is 2.84. The molecule has 1 saturated carbocycles. The first-order valence-corrected chi connectivity index (χ1v) is 6.98. The topological polar surface area (TPSA) is 38.7 Å². The maximum atomic E-state index is 14.1. The van der Waals surface area contributed by atoms with Crippen LogP contribution < -0.4 is 0 Å². The fourth-order valence-electron chi connectivity index (χ4n) is 2.67. The summed E-state index contributed by atoms with van der Waals surface area (Å²) in [5.74, 6) is -0.335. The highest BCUT2D eigenvalue weighted by Crippen LogP contribution is 2.43. The van der Waals surface area contributed by atoms with Gasteiger partial charge in [-0.15, -0.1) is 0 Å². The number of halogens is 2. The molecule has 1 aliphatic carbocycles. The maximum Gasteiger partial charge on any atom is 0.235 e. The summed E-state index contributed by atoms with van der Waals surface area (Å²) >= 11 is 3.36. The number of hydrogen-bond acceptors (Lipinski definition) is 3. The molecule has 102 valence electrons. The van der Waals surface area contributed by atoms with E-state index in [-0.39, 0.29) is 12.4 Å². The third kappa shape index (κ3) is 2.78. The molecule has 2 rings (SSSR count). The van der Waals surface area contributed by atoms with Crippen LogP contribution in [0.1, 0.15) is 36.8 Å². The lowest BCUT2D eigenvalue weighted by Crippen LogP contribution is -2.19. The van der Waals surface area contributed by atoms with Crippen molar-refractivity contribution in [3.63, 3.8) is 0 Å². The first-order chi connectivity index (χ1) is 9.13. The molecule has 0 aliphatic heterocycles. The Labute approximate surface area is 120 Å². The van der Waals surface area contributed by atoms with Crippen LogP contribution in [0.15, 0.2) is 21.6 Å². The van der Waals surface area contributed by atoms with Gasteiger partial charge in [-0.05, 0) is 30.5 Å². The Hall–Kier alpha value is -1.03. The molecule has 1 fully saturated rings. The number of methoxy groups -OCH3 is 1. The van der Waals surface area contributed by atoms with Crippen molar-refractivity contribution in [1.82, 2.24) is 0 Å². The number of hydrogen-bond donors (Lipinski definition) is 0. The summed E-state index contributed by atoms with van der Waals surface area (Å²) in [6.07, 6.45) is 5.14. The van der Waals surface area contributed by atoms with E-state index in [1.165, 1.54) is 13.2 Å². The first kappa shape index (κ1) is 14.4. The summed E-state index contributed by atoms with van der Waals surface area (Å²) in [7, 11) is 1.52. The number of rotatable bonds is 4. The summed E-state index contributed by atoms with van der Waals surface area (Å²) in [4.78, 5) is 14.6. The SMILES string of the molecule is COCc1c(F)cc(C2(N=C=O)CCCC2)cc1Br. The molecule has 0 aromatic heterocycles. The van der Waals surface area contributed by atoms with Gasteiger partial charge in [0.2, 0.25) is 6.08 Å². The lowest BCUT2D eigenvalue weighted by Gasteiger charge is -2.24. The molecule has 0 unspecified atom stereocenters. The van der Waals surface area contributed by atoms with Crippen molar-refractivity contribution in [3.05, 3.63) is 33.5 Å². The van der Waals surface area contributed by atoms with Gasteiger partial charge in [-0.3, -0.25) is 0 Å². The van der Waals surface area contributed by atoms with Crippen LogP contribution >= 0.6 is 15.9 Å². The molecule has 0 N–H and O–H groups in total. The molecule has 0 bridgehead atoms. The Morgan fingerprint density at radius 3 is 2.68 bits per heavy atom. The van der Waals surface area contributed by atoms with Crippen LogP contribution in [-0.4, -0.2) is 13.2 Å². The summed E-state index contributed by atoms with van der Waals surface area (Å²) in [6.45, 7) is 0.205. The molecular weight excluding hydrogens is 313 g/mol. The number of carbonyl (C=O) groups excluding carboxylic acids is 1. The third-order valence-electron chi connectivity index (χ3n) is 3.66. The molecule has 1 aromatic carbocycles. The highest BCUT2D eigenvalue weighted by atomic mass is 79.9. The molecule has 0 saturated heterocycles. The van der Waals surface area contributed by atoms with Gasteiger partial charge in [0.1, 0.15) is 5.82 Å². The summed E-state index contributed by atoms with van der Waals surface area (Å²) < 4.78 is 19.7. The second-order valence-corrected chi connectivity index (χ2v) is 5.65. The van der Waals surface area contributed by atoms with E-state index in [0.29, 0.717) is 10.0 Å². The Balaban J connectivity index is 2.48. The van der Waals surface area contributed by atoms with E-state index in [4.69, 9.17) is 4.74 Å². The van der Waals surface area contributed by atoms with E-state index in [2.05, 4.69) is 20.9 Å². The van der Waals surface area contributed by atoms with E-state index < -0.39 is 5.54 Å². The van der Waals surface area contributed by atoms with E-state index >= 15 is 0 Å². The van der Waals surface area contributed by atoms with Crippen molar-refractivity contribution in [3.8, 4) is 0 Å². The summed E-state index contributed by atoms with van der Waals surface area (Å²) in [5, 5.41) is 0. The van der Waals surface area contributed by atoms with Crippen LogP contribution in [0.25, 0.3) is 0 Å². The molecule has 0 atom stereocenters. The van der Waals surface area contributed by atoms with E-state index in [1.807, 2.05) is 6.07 Å². The summed E-state index contributed by atoms with van der Waals surface area (Å²) in [6, 6.07) is 3.30. The normalized spacial score (nSPS) is 17.2. The third-order valence-corrected chi connectivity index (χ3v) is 4.36. The van der Waals surface area contributed by atoms with Crippen molar-refractivity contribution >= 4 is 22.0 Å². The smallest absolute Gasteiger partial charge is 0.235 e. The second-order valence-electron chi connectivity index (χ2n) is 4.79. The van der Waals surface area contributed by atoms with Crippen molar-refractivity contribution in [1.29, 1.82) is 0 Å². The van der Waals surface area contributed by atoms with Gasteiger partial charge >= 0.3 is 0 Å². The van der Waals surface area contributed by atoms with Crippen molar-refractivity contribution in [2.45, 2.75) is 37.8 Å². The fraction of sp³-hybridized carbons (Fsp3) is 0.500. The van der Waals surface area contributed by atoms with Gasteiger partial charge in [0, 0.05) is 17.1 Å². The molecule has 1 aromatic rings. The van der Waals surface area contributed by atoms with Gasteiger partial charge in [-0.1, -0.05) is 28.8 Å². The van der Waals surface area contributed by atoms with Crippen molar-refractivity contribution < 1.29 is 13.9 Å². The van der Waals surface area contributed by atoms with Crippen LogP contribution in [0.5, 0.6) is 0 Å². The van der Waals surface area contributed by atoms with Crippen LogP contribution in [0, 0.1) is 5.82 Å². The Morgan fingerprint density at radius 1 is 1.47 bits per heavy atom. The van der Waals surface area contributed by atoms with Crippen molar-refractivity contribution in [2.75, 3.05) is 7.11 Å². The average molecular weight is 328 g/mol. The van der Waals surface area contributed by atoms with Crippen LogP contribution in [0.3, 0.4) is 0 Å². The predicted molar refractivity (Wildman–Crippen MR) is 73.1 cm³/mol. The molecular formula is C14H15BrFNO2. The molecule has 1 aliphatic rings. The zero-order chi connectivity index (χ0) is 13.9. The summed E-state index contributed by atoms with van der Waals surface area (Å²) in [5.41, 5.74) is 0.614. The Bertz CT molecular complexity index is 497. The van der Waals surface area contributed by atoms with Gasteiger partial charge in [0.05, 0.1) is 12.1 Å². The molecule has 0 heterocycles. The predicted octanol–water partition coefficient (Wildman–Crippen LogP) is 3.84. The van der Waals surface area contributed by atoms with Gasteiger partial charge in [0.25, 0.3) is 0 Å². The minimum Gasteiger partial charge on any atom is -0.380 e.